The summed E-state index contributed by atoms with van der Waals surface area (Å²) in [7, 11) is 0. The van der Waals surface area contributed by atoms with Gasteiger partial charge in [-0.15, -0.1) is 0 Å². The van der Waals surface area contributed by atoms with Crippen molar-refractivity contribution < 1.29 is 13.9 Å². The van der Waals surface area contributed by atoms with E-state index in [9.17, 15) is 9.18 Å². The van der Waals surface area contributed by atoms with Crippen LogP contribution in [0.2, 0.25) is 5.02 Å². The molecule has 4 nitrogen and oxygen atoms in total. The third-order valence-electron chi connectivity index (χ3n) is 4.31. The van der Waals surface area contributed by atoms with E-state index in [1.165, 1.54) is 24.3 Å². The van der Waals surface area contributed by atoms with Gasteiger partial charge in [0.05, 0.1) is 19.3 Å². The second-order valence-electron chi connectivity index (χ2n) is 5.90. The fourth-order valence-corrected chi connectivity index (χ4v) is 3.22. The first-order valence-corrected chi connectivity index (χ1v) is 8.63. The minimum Gasteiger partial charge on any atom is -0.379 e. The summed E-state index contributed by atoms with van der Waals surface area (Å²) in [5.74, 6) is -0.593. The molecule has 1 fully saturated rings. The Morgan fingerprint density at radius 3 is 2.52 bits per heavy atom. The van der Waals surface area contributed by atoms with E-state index in [2.05, 4.69) is 10.2 Å². The highest BCUT2D eigenvalue weighted by atomic mass is 35.5. The molecular formula is C19H20ClFN2O2. The third-order valence-corrected chi connectivity index (χ3v) is 4.66. The van der Waals surface area contributed by atoms with Gasteiger partial charge in [0.15, 0.2) is 0 Å². The Morgan fingerprint density at radius 2 is 1.84 bits per heavy atom. The van der Waals surface area contributed by atoms with Crippen LogP contribution in [0, 0.1) is 5.82 Å². The van der Waals surface area contributed by atoms with Crippen LogP contribution >= 0.6 is 11.6 Å². The third kappa shape index (κ3) is 4.57. The molecule has 1 atom stereocenters. The fraction of sp³-hybridized carbons (Fsp3) is 0.316. The van der Waals surface area contributed by atoms with Crippen molar-refractivity contribution in [2.75, 3.05) is 32.8 Å². The van der Waals surface area contributed by atoms with Crippen molar-refractivity contribution in [1.29, 1.82) is 0 Å². The summed E-state index contributed by atoms with van der Waals surface area (Å²) >= 11 is 6.38. The van der Waals surface area contributed by atoms with Crippen molar-refractivity contribution >= 4 is 17.5 Å². The number of ether oxygens (including phenoxy) is 1. The Hall–Kier alpha value is -1.95. The number of hydrogen-bond donors (Lipinski definition) is 1. The first-order chi connectivity index (χ1) is 12.1. The van der Waals surface area contributed by atoms with E-state index in [1.54, 1.807) is 0 Å². The zero-order chi connectivity index (χ0) is 17.6. The Kier molecular flexibility index (Phi) is 6.02. The lowest BCUT2D eigenvalue weighted by molar-refractivity contribution is 0.0162. The summed E-state index contributed by atoms with van der Waals surface area (Å²) < 4.78 is 18.4. The van der Waals surface area contributed by atoms with Crippen molar-refractivity contribution in [3.8, 4) is 0 Å². The largest absolute Gasteiger partial charge is 0.379 e. The lowest BCUT2D eigenvalue weighted by Crippen LogP contribution is -2.44. The molecule has 1 aliphatic heterocycles. The number of rotatable bonds is 5. The van der Waals surface area contributed by atoms with Gasteiger partial charge in [0.1, 0.15) is 5.82 Å². The van der Waals surface area contributed by atoms with Crippen LogP contribution in [-0.2, 0) is 4.74 Å². The van der Waals surface area contributed by atoms with E-state index >= 15 is 0 Å². The van der Waals surface area contributed by atoms with Crippen LogP contribution < -0.4 is 5.32 Å². The van der Waals surface area contributed by atoms with Gasteiger partial charge < -0.3 is 10.1 Å². The van der Waals surface area contributed by atoms with Gasteiger partial charge in [-0.25, -0.2) is 4.39 Å². The summed E-state index contributed by atoms with van der Waals surface area (Å²) in [5, 5.41) is 3.61. The topological polar surface area (TPSA) is 41.6 Å². The van der Waals surface area contributed by atoms with E-state index in [0.29, 0.717) is 30.3 Å². The summed E-state index contributed by atoms with van der Waals surface area (Å²) in [4.78, 5) is 14.6. The SMILES string of the molecule is O=C(NCC(c1ccccc1Cl)N1CCOCC1)c1ccc(F)cc1. The van der Waals surface area contributed by atoms with E-state index in [4.69, 9.17) is 16.3 Å². The van der Waals surface area contributed by atoms with Crippen LogP contribution in [0.1, 0.15) is 22.0 Å². The van der Waals surface area contributed by atoms with E-state index < -0.39 is 0 Å². The number of morpholine rings is 1. The summed E-state index contributed by atoms with van der Waals surface area (Å²) in [6.07, 6.45) is 0. The van der Waals surface area contributed by atoms with Crippen LogP contribution in [0.5, 0.6) is 0 Å². The number of nitrogens with zero attached hydrogens (tertiary/aromatic N) is 1. The maximum absolute atomic E-state index is 13.0. The highest BCUT2D eigenvalue weighted by Gasteiger charge is 2.25. The lowest BCUT2D eigenvalue weighted by atomic mass is 10.0. The molecule has 1 amide bonds. The molecule has 6 heteroatoms. The Morgan fingerprint density at radius 1 is 1.16 bits per heavy atom. The van der Waals surface area contributed by atoms with Crippen LogP contribution in [-0.4, -0.2) is 43.7 Å². The van der Waals surface area contributed by atoms with Crippen LogP contribution in [0.3, 0.4) is 0 Å². The monoisotopic (exact) mass is 362 g/mol. The predicted molar refractivity (Wildman–Crippen MR) is 95.3 cm³/mol. The van der Waals surface area contributed by atoms with Gasteiger partial charge in [-0.05, 0) is 35.9 Å². The van der Waals surface area contributed by atoms with Crippen LogP contribution in [0.4, 0.5) is 4.39 Å². The zero-order valence-corrected chi connectivity index (χ0v) is 14.5. The highest BCUT2D eigenvalue weighted by Crippen LogP contribution is 2.27. The minimum absolute atomic E-state index is 0.0398. The van der Waals surface area contributed by atoms with Gasteiger partial charge in [0.25, 0.3) is 5.91 Å². The van der Waals surface area contributed by atoms with Crippen molar-refractivity contribution in [3.05, 3.63) is 70.5 Å². The second kappa shape index (κ2) is 8.43. The molecule has 0 spiro atoms. The first kappa shape index (κ1) is 17.9. The predicted octanol–water partition coefficient (Wildman–Crippen LogP) is 3.28. The normalized spacial score (nSPS) is 16.4. The molecular weight excluding hydrogens is 343 g/mol. The number of nitrogens with one attached hydrogen (secondary N) is 1. The van der Waals surface area contributed by atoms with Gasteiger partial charge in [-0.2, -0.15) is 0 Å². The van der Waals surface area contributed by atoms with Crippen LogP contribution in [0.25, 0.3) is 0 Å². The molecule has 3 rings (SSSR count). The van der Waals surface area contributed by atoms with E-state index in [1.807, 2.05) is 24.3 Å². The average Bonchev–Trinajstić information content (AvgIpc) is 2.64. The first-order valence-electron chi connectivity index (χ1n) is 8.25. The zero-order valence-electron chi connectivity index (χ0n) is 13.8. The smallest absolute Gasteiger partial charge is 0.251 e. The summed E-state index contributed by atoms with van der Waals surface area (Å²) in [6, 6.07) is 13.1. The number of amides is 1. The number of halogens is 2. The quantitative estimate of drug-likeness (QED) is 0.887. The second-order valence-corrected chi connectivity index (χ2v) is 6.31. The number of carbonyl (C=O) groups is 1. The molecule has 1 saturated heterocycles. The molecule has 2 aromatic rings. The van der Waals surface area contributed by atoms with Crippen molar-refractivity contribution in [3.63, 3.8) is 0 Å². The number of hydrogen-bond acceptors (Lipinski definition) is 3. The summed E-state index contributed by atoms with van der Waals surface area (Å²) in [5.41, 5.74) is 1.41. The molecule has 1 N–H and O–H groups in total. The van der Waals surface area contributed by atoms with Gasteiger partial charge >= 0.3 is 0 Å². The lowest BCUT2D eigenvalue weighted by Gasteiger charge is -2.35. The standard InChI is InChI=1S/C19H20ClFN2O2/c20-17-4-2-1-3-16(17)18(23-9-11-25-12-10-23)13-22-19(24)14-5-7-15(21)8-6-14/h1-8,18H,9-13H2,(H,22,24). The minimum atomic E-state index is -0.362. The number of carbonyl (C=O) groups excluding carboxylic acids is 1. The van der Waals surface area contributed by atoms with Gasteiger partial charge in [0.2, 0.25) is 0 Å². The molecule has 2 aromatic carbocycles. The maximum Gasteiger partial charge on any atom is 0.251 e. The van der Waals surface area contributed by atoms with Crippen LogP contribution in [0.15, 0.2) is 48.5 Å². The molecule has 132 valence electrons. The molecule has 0 aliphatic carbocycles. The van der Waals surface area contributed by atoms with Gasteiger partial charge in [-0.3, -0.25) is 9.69 Å². The van der Waals surface area contributed by atoms with Crippen molar-refractivity contribution in [2.45, 2.75) is 6.04 Å². The molecule has 1 heterocycles. The molecule has 0 radical (unpaired) electrons. The Bertz CT molecular complexity index is 718. The molecule has 1 aliphatic rings. The van der Waals surface area contributed by atoms with Crippen molar-refractivity contribution in [1.82, 2.24) is 10.2 Å². The average molecular weight is 363 g/mol. The molecule has 0 bridgehead atoms. The maximum atomic E-state index is 13.0. The Labute approximate surface area is 151 Å². The van der Waals surface area contributed by atoms with Gasteiger partial charge in [-0.1, -0.05) is 29.8 Å². The van der Waals surface area contributed by atoms with Gasteiger partial charge in [0, 0.05) is 30.2 Å². The van der Waals surface area contributed by atoms with Crippen molar-refractivity contribution in [2.24, 2.45) is 0 Å². The Balaban J connectivity index is 1.74. The van der Waals surface area contributed by atoms with E-state index in [0.717, 1.165) is 18.7 Å². The summed E-state index contributed by atoms with van der Waals surface area (Å²) in [6.45, 7) is 3.30. The molecule has 1 unspecified atom stereocenters. The molecule has 0 aromatic heterocycles. The molecule has 25 heavy (non-hydrogen) atoms. The highest BCUT2D eigenvalue weighted by molar-refractivity contribution is 6.31. The molecule has 0 saturated carbocycles. The van der Waals surface area contributed by atoms with E-state index in [-0.39, 0.29) is 17.8 Å². The number of benzene rings is 2. The fourth-order valence-electron chi connectivity index (χ4n) is 2.96.